The Morgan fingerprint density at radius 3 is 2.44 bits per heavy atom. The molecule has 0 heterocycles. The van der Waals surface area contributed by atoms with Crippen molar-refractivity contribution < 1.29 is 4.39 Å². The van der Waals surface area contributed by atoms with Gasteiger partial charge in [0.1, 0.15) is 5.82 Å². The third kappa shape index (κ3) is 2.64. The summed E-state index contributed by atoms with van der Waals surface area (Å²) < 4.78 is 14.5. The Morgan fingerprint density at radius 1 is 1.06 bits per heavy atom. The largest absolute Gasteiger partial charge is 0.397 e. The van der Waals surface area contributed by atoms with Gasteiger partial charge in [-0.05, 0) is 55.3 Å². The Bertz CT molecular complexity index is 597. The molecule has 0 spiro atoms. The quantitative estimate of drug-likeness (QED) is 0.800. The second kappa shape index (κ2) is 4.98. The predicted molar refractivity (Wildman–Crippen MR) is 77.7 cm³/mol. The van der Waals surface area contributed by atoms with Crippen molar-refractivity contribution in [2.45, 2.75) is 13.8 Å². The van der Waals surface area contributed by atoms with E-state index in [0.717, 1.165) is 21.3 Å². The van der Waals surface area contributed by atoms with Crippen LogP contribution in [0.15, 0.2) is 34.8 Å². The maximum absolute atomic E-state index is 13.6. The fourth-order valence-corrected chi connectivity index (χ4v) is 2.05. The van der Waals surface area contributed by atoms with Gasteiger partial charge in [-0.3, -0.25) is 0 Å². The molecule has 3 N–H and O–H groups in total. The molecule has 0 radical (unpaired) electrons. The molecule has 2 nitrogen and oxygen atoms in total. The third-order valence-corrected chi connectivity index (χ3v) is 3.36. The average molecular weight is 309 g/mol. The monoisotopic (exact) mass is 308 g/mol. The Morgan fingerprint density at radius 2 is 1.72 bits per heavy atom. The number of hydrogen-bond acceptors (Lipinski definition) is 2. The molecule has 2 aromatic carbocycles. The van der Waals surface area contributed by atoms with Crippen LogP contribution < -0.4 is 11.1 Å². The van der Waals surface area contributed by atoms with Crippen molar-refractivity contribution in [1.82, 2.24) is 0 Å². The maximum Gasteiger partial charge on any atom is 0.146 e. The zero-order valence-corrected chi connectivity index (χ0v) is 11.8. The molecule has 0 saturated heterocycles. The lowest BCUT2D eigenvalue weighted by Gasteiger charge is -2.13. The Kier molecular flexibility index (Phi) is 3.57. The number of anilines is 3. The molecule has 0 unspecified atom stereocenters. The number of rotatable bonds is 2. The van der Waals surface area contributed by atoms with Gasteiger partial charge < -0.3 is 11.1 Å². The third-order valence-electron chi connectivity index (χ3n) is 2.86. The predicted octanol–water partition coefficient (Wildman–Crippen LogP) is 4.53. The van der Waals surface area contributed by atoms with E-state index in [1.165, 1.54) is 6.07 Å². The summed E-state index contributed by atoms with van der Waals surface area (Å²) in [5.74, 6) is -0.309. The van der Waals surface area contributed by atoms with E-state index in [0.29, 0.717) is 11.4 Å². The van der Waals surface area contributed by atoms with Crippen molar-refractivity contribution in [3.05, 3.63) is 51.7 Å². The summed E-state index contributed by atoms with van der Waals surface area (Å²) in [6, 6.07) is 8.55. The number of nitrogens with one attached hydrogen (secondary N) is 1. The van der Waals surface area contributed by atoms with Gasteiger partial charge in [-0.2, -0.15) is 0 Å². The van der Waals surface area contributed by atoms with Crippen LogP contribution in [0.2, 0.25) is 0 Å². The first kappa shape index (κ1) is 12.9. The van der Waals surface area contributed by atoms with Crippen molar-refractivity contribution in [3.8, 4) is 0 Å². The maximum atomic E-state index is 13.6. The van der Waals surface area contributed by atoms with Crippen molar-refractivity contribution in [2.24, 2.45) is 0 Å². The van der Waals surface area contributed by atoms with Gasteiger partial charge in [0, 0.05) is 4.47 Å². The molecule has 0 aromatic heterocycles. The number of benzene rings is 2. The van der Waals surface area contributed by atoms with Crippen LogP contribution in [0.3, 0.4) is 0 Å². The molecule has 2 rings (SSSR count). The number of nitrogen functional groups attached to an aromatic ring is 1. The van der Waals surface area contributed by atoms with Crippen LogP contribution in [0.1, 0.15) is 11.1 Å². The van der Waals surface area contributed by atoms with Gasteiger partial charge in [0.25, 0.3) is 0 Å². The van der Waals surface area contributed by atoms with Crippen molar-refractivity contribution in [3.63, 3.8) is 0 Å². The van der Waals surface area contributed by atoms with Crippen molar-refractivity contribution in [2.75, 3.05) is 11.1 Å². The van der Waals surface area contributed by atoms with Gasteiger partial charge in [0.2, 0.25) is 0 Å². The number of nitrogens with two attached hydrogens (primary N) is 1. The van der Waals surface area contributed by atoms with Crippen LogP contribution in [-0.2, 0) is 0 Å². The lowest BCUT2D eigenvalue weighted by atomic mass is 10.1. The van der Waals surface area contributed by atoms with Crippen molar-refractivity contribution in [1.29, 1.82) is 0 Å². The smallest absolute Gasteiger partial charge is 0.146 e. The highest BCUT2D eigenvalue weighted by molar-refractivity contribution is 9.10. The number of aryl methyl sites for hydroxylation is 2. The average Bonchev–Trinajstić information content (AvgIpc) is 2.30. The summed E-state index contributed by atoms with van der Waals surface area (Å²) in [5, 5.41) is 3.02. The molecule has 0 aliphatic heterocycles. The topological polar surface area (TPSA) is 38.0 Å². The van der Waals surface area contributed by atoms with Gasteiger partial charge in [0.15, 0.2) is 0 Å². The van der Waals surface area contributed by atoms with Gasteiger partial charge in [0.05, 0.1) is 17.1 Å². The highest BCUT2D eigenvalue weighted by atomic mass is 79.9. The lowest BCUT2D eigenvalue weighted by Crippen LogP contribution is -2.00. The molecule has 18 heavy (non-hydrogen) atoms. The first-order valence-electron chi connectivity index (χ1n) is 5.56. The van der Waals surface area contributed by atoms with E-state index in [1.807, 2.05) is 26.0 Å². The molecule has 0 atom stereocenters. The highest BCUT2D eigenvalue weighted by Crippen LogP contribution is 2.29. The molecule has 0 amide bonds. The Balaban J connectivity index is 2.40. The molecular weight excluding hydrogens is 295 g/mol. The van der Waals surface area contributed by atoms with E-state index in [1.54, 1.807) is 12.1 Å². The molecule has 0 fully saturated rings. The Hall–Kier alpha value is -1.55. The summed E-state index contributed by atoms with van der Waals surface area (Å²) in [6.45, 7) is 3.99. The van der Waals surface area contributed by atoms with Gasteiger partial charge >= 0.3 is 0 Å². The van der Waals surface area contributed by atoms with Crippen LogP contribution in [0.5, 0.6) is 0 Å². The number of hydrogen-bond donors (Lipinski definition) is 2. The summed E-state index contributed by atoms with van der Waals surface area (Å²) in [7, 11) is 0. The fourth-order valence-electron chi connectivity index (χ4n) is 1.69. The molecule has 0 bridgehead atoms. The normalized spacial score (nSPS) is 10.4. The molecule has 0 aliphatic carbocycles. The van der Waals surface area contributed by atoms with Crippen LogP contribution in [-0.4, -0.2) is 0 Å². The minimum absolute atomic E-state index is 0.309. The minimum atomic E-state index is -0.309. The van der Waals surface area contributed by atoms with E-state index in [2.05, 4.69) is 21.2 Å². The van der Waals surface area contributed by atoms with Gasteiger partial charge in [-0.15, -0.1) is 0 Å². The zero-order chi connectivity index (χ0) is 13.3. The van der Waals surface area contributed by atoms with Gasteiger partial charge in [-0.25, -0.2) is 4.39 Å². The van der Waals surface area contributed by atoms with E-state index in [4.69, 9.17) is 5.73 Å². The van der Waals surface area contributed by atoms with E-state index in [-0.39, 0.29) is 5.82 Å². The standard InChI is InChI=1S/C14H14BrFN2/c1-8-5-12(17)14(6-9(8)2)18-13-7-10(15)3-4-11(13)16/h3-7,18H,17H2,1-2H3. The van der Waals surface area contributed by atoms with Crippen LogP contribution >= 0.6 is 15.9 Å². The van der Waals surface area contributed by atoms with E-state index >= 15 is 0 Å². The molecule has 2 aromatic rings. The zero-order valence-electron chi connectivity index (χ0n) is 10.2. The highest BCUT2D eigenvalue weighted by Gasteiger charge is 2.07. The Labute approximate surface area is 114 Å². The summed E-state index contributed by atoms with van der Waals surface area (Å²) in [5.41, 5.74) is 9.89. The summed E-state index contributed by atoms with van der Waals surface area (Å²) in [4.78, 5) is 0. The second-order valence-electron chi connectivity index (χ2n) is 4.27. The van der Waals surface area contributed by atoms with E-state index < -0.39 is 0 Å². The SMILES string of the molecule is Cc1cc(N)c(Nc2cc(Br)ccc2F)cc1C. The molecule has 94 valence electrons. The molecule has 4 heteroatoms. The van der Waals surface area contributed by atoms with Gasteiger partial charge in [-0.1, -0.05) is 15.9 Å². The molecular formula is C14H14BrFN2. The first-order chi connectivity index (χ1) is 8.47. The fraction of sp³-hybridized carbons (Fsp3) is 0.143. The molecule has 0 saturated carbocycles. The minimum Gasteiger partial charge on any atom is -0.397 e. The summed E-state index contributed by atoms with van der Waals surface area (Å²) in [6.07, 6.45) is 0. The van der Waals surface area contributed by atoms with Crippen molar-refractivity contribution >= 4 is 33.0 Å². The second-order valence-corrected chi connectivity index (χ2v) is 5.19. The summed E-state index contributed by atoms with van der Waals surface area (Å²) >= 11 is 3.32. The van der Waals surface area contributed by atoms with Crippen LogP contribution in [0.4, 0.5) is 21.5 Å². The van der Waals surface area contributed by atoms with Crippen LogP contribution in [0, 0.1) is 19.7 Å². The van der Waals surface area contributed by atoms with E-state index in [9.17, 15) is 4.39 Å². The lowest BCUT2D eigenvalue weighted by molar-refractivity contribution is 0.631. The van der Waals surface area contributed by atoms with Crippen LogP contribution in [0.25, 0.3) is 0 Å². The first-order valence-corrected chi connectivity index (χ1v) is 6.35. The number of halogens is 2. The molecule has 0 aliphatic rings.